The maximum absolute atomic E-state index is 11.8. The third-order valence-corrected chi connectivity index (χ3v) is 2.10. The fourth-order valence-corrected chi connectivity index (χ4v) is 1.31. The number of aliphatic carboxylic acids is 1. The summed E-state index contributed by atoms with van der Waals surface area (Å²) in [6.07, 6.45) is -0.345. The van der Waals surface area contributed by atoms with Gasteiger partial charge in [-0.15, -0.1) is 0 Å². The maximum Gasteiger partial charge on any atom is 0.410 e. The largest absolute Gasteiger partial charge is 0.480 e. The van der Waals surface area contributed by atoms with Crippen LogP contribution in [0.3, 0.4) is 0 Å². The van der Waals surface area contributed by atoms with Crippen LogP contribution in [0.5, 0.6) is 0 Å². The molecule has 1 atom stereocenters. The fraction of sp³-hybridized carbons (Fsp3) is 0.833. The van der Waals surface area contributed by atoms with E-state index >= 15 is 0 Å². The predicted molar refractivity (Wildman–Crippen MR) is 64.9 cm³/mol. The Balaban J connectivity index is 4.72. The number of hydrogen-bond donors (Lipinski definition) is 1. The van der Waals surface area contributed by atoms with E-state index in [-0.39, 0.29) is 12.8 Å². The van der Waals surface area contributed by atoms with E-state index in [1.54, 1.807) is 13.8 Å². The standard InChI is InChI=1S/C12H23NO4/c1-8(2)7-9(10(14)15)13(6)11(16)17-12(3,4)5/h8-9H,7H2,1-6H3,(H,14,15)/t9-/m0/s1/i3D. The molecule has 1 amide bonds. The third kappa shape index (κ3) is 6.14. The number of carboxylic acids is 1. The number of carboxylic acid groups (broad SMARTS) is 1. The minimum atomic E-state index is -1.05. The number of rotatable bonds is 4. The van der Waals surface area contributed by atoms with E-state index in [0.717, 1.165) is 4.90 Å². The Labute approximate surface area is 104 Å². The molecule has 0 aromatic rings. The number of ether oxygens (including phenoxy) is 1. The van der Waals surface area contributed by atoms with Crippen molar-refractivity contribution in [3.05, 3.63) is 0 Å². The molecule has 0 fully saturated rings. The number of amides is 1. The Morgan fingerprint density at radius 3 is 2.35 bits per heavy atom. The molecule has 100 valence electrons. The van der Waals surface area contributed by atoms with E-state index < -0.39 is 23.7 Å². The van der Waals surface area contributed by atoms with Gasteiger partial charge in [0.05, 0.1) is 0 Å². The molecule has 0 rings (SSSR count). The van der Waals surface area contributed by atoms with Gasteiger partial charge in [0.1, 0.15) is 11.6 Å². The molecule has 1 N–H and O–H groups in total. The van der Waals surface area contributed by atoms with Crippen LogP contribution in [0.1, 0.15) is 42.4 Å². The van der Waals surface area contributed by atoms with Crippen molar-refractivity contribution < 1.29 is 20.8 Å². The molecule has 0 aromatic heterocycles. The van der Waals surface area contributed by atoms with Gasteiger partial charge in [-0.05, 0) is 33.1 Å². The first-order chi connectivity index (χ1) is 8.10. The molecule has 0 saturated carbocycles. The second kappa shape index (κ2) is 5.89. The van der Waals surface area contributed by atoms with Crippen molar-refractivity contribution in [2.75, 3.05) is 7.05 Å². The summed E-state index contributed by atoms with van der Waals surface area (Å²) in [5.74, 6) is -0.891. The molecular formula is C12H23NO4. The van der Waals surface area contributed by atoms with Crippen LogP contribution in [0.2, 0.25) is 0 Å². The zero-order chi connectivity index (χ0) is 14.5. The zero-order valence-electron chi connectivity index (χ0n) is 12.2. The second-order valence-electron chi connectivity index (χ2n) is 5.22. The summed E-state index contributed by atoms with van der Waals surface area (Å²) in [7, 11) is 1.41. The Hall–Kier alpha value is -1.26. The van der Waals surface area contributed by atoms with Crippen LogP contribution in [-0.4, -0.2) is 40.8 Å². The fourth-order valence-electron chi connectivity index (χ4n) is 1.31. The van der Waals surface area contributed by atoms with Crippen molar-refractivity contribution in [3.63, 3.8) is 0 Å². The molecule has 0 saturated heterocycles. The summed E-state index contributed by atoms with van der Waals surface area (Å²) in [6, 6.07) is -0.904. The number of carbonyl (C=O) groups is 2. The highest BCUT2D eigenvalue weighted by Crippen LogP contribution is 2.15. The summed E-state index contributed by atoms with van der Waals surface area (Å²) in [5, 5.41) is 9.11. The minimum absolute atomic E-state index is 0.0749. The highest BCUT2D eigenvalue weighted by Gasteiger charge is 2.30. The van der Waals surface area contributed by atoms with Crippen LogP contribution in [0.4, 0.5) is 4.79 Å². The van der Waals surface area contributed by atoms with Gasteiger partial charge in [-0.3, -0.25) is 4.90 Å². The molecule has 0 aromatic carbocycles. The van der Waals surface area contributed by atoms with Crippen molar-refractivity contribution in [1.29, 1.82) is 0 Å². The summed E-state index contributed by atoms with van der Waals surface area (Å²) in [6.45, 7) is 6.94. The summed E-state index contributed by atoms with van der Waals surface area (Å²) in [4.78, 5) is 24.0. The molecule has 0 heterocycles. The van der Waals surface area contributed by atoms with Crippen LogP contribution >= 0.6 is 0 Å². The van der Waals surface area contributed by atoms with Gasteiger partial charge in [-0.1, -0.05) is 13.8 Å². The molecule has 0 spiro atoms. The van der Waals surface area contributed by atoms with E-state index in [1.165, 1.54) is 7.05 Å². The quantitative estimate of drug-likeness (QED) is 0.826. The number of hydrogen-bond acceptors (Lipinski definition) is 3. The van der Waals surface area contributed by atoms with Crippen molar-refractivity contribution in [2.24, 2.45) is 5.92 Å². The second-order valence-corrected chi connectivity index (χ2v) is 5.22. The van der Waals surface area contributed by atoms with Gasteiger partial charge >= 0.3 is 12.1 Å². The number of carbonyl (C=O) groups excluding carboxylic acids is 1. The lowest BCUT2D eigenvalue weighted by Crippen LogP contribution is -2.45. The van der Waals surface area contributed by atoms with Crippen LogP contribution in [0.25, 0.3) is 0 Å². The van der Waals surface area contributed by atoms with Gasteiger partial charge in [-0.2, -0.15) is 0 Å². The van der Waals surface area contributed by atoms with Crippen LogP contribution in [0, 0.1) is 5.92 Å². The number of likely N-dealkylation sites (N-methyl/N-ethyl adjacent to an activating group) is 1. The molecular weight excluding hydrogens is 222 g/mol. The number of nitrogens with zero attached hydrogens (tertiary/aromatic N) is 1. The van der Waals surface area contributed by atoms with Crippen LogP contribution in [-0.2, 0) is 9.53 Å². The summed E-state index contributed by atoms with van der Waals surface area (Å²) < 4.78 is 12.3. The average molecular weight is 246 g/mol. The van der Waals surface area contributed by atoms with Crippen molar-refractivity contribution in [2.45, 2.75) is 52.7 Å². The maximum atomic E-state index is 11.8. The molecule has 0 unspecified atom stereocenters. The molecule has 0 aliphatic heterocycles. The minimum Gasteiger partial charge on any atom is -0.480 e. The summed E-state index contributed by atoms with van der Waals surface area (Å²) in [5.41, 5.74) is -0.910. The zero-order valence-corrected chi connectivity index (χ0v) is 11.2. The van der Waals surface area contributed by atoms with Crippen LogP contribution in [0.15, 0.2) is 0 Å². The monoisotopic (exact) mass is 246 g/mol. The first kappa shape index (κ1) is 13.8. The normalized spacial score (nSPS) is 14.1. The lowest BCUT2D eigenvalue weighted by molar-refractivity contribution is -0.143. The van der Waals surface area contributed by atoms with E-state index in [1.807, 2.05) is 13.8 Å². The smallest absolute Gasteiger partial charge is 0.410 e. The molecule has 0 radical (unpaired) electrons. The van der Waals surface area contributed by atoms with E-state index in [4.69, 9.17) is 11.2 Å². The van der Waals surface area contributed by atoms with Crippen molar-refractivity contribution >= 4 is 12.1 Å². The van der Waals surface area contributed by atoms with Gasteiger partial charge in [-0.25, -0.2) is 9.59 Å². The van der Waals surface area contributed by atoms with Crippen LogP contribution < -0.4 is 0 Å². The van der Waals surface area contributed by atoms with Gasteiger partial charge in [0.15, 0.2) is 0 Å². The van der Waals surface area contributed by atoms with E-state index in [2.05, 4.69) is 0 Å². The SMILES string of the molecule is [2H]CC(C)(C)OC(=O)N(C)[C@@H](CC(C)C)C(=O)O. The first-order valence-electron chi connectivity index (χ1n) is 6.29. The van der Waals surface area contributed by atoms with Crippen molar-refractivity contribution in [1.82, 2.24) is 4.90 Å². The van der Waals surface area contributed by atoms with Gasteiger partial charge in [0, 0.05) is 8.42 Å². The molecule has 17 heavy (non-hydrogen) atoms. The molecule has 0 aliphatic rings. The lowest BCUT2D eigenvalue weighted by atomic mass is 10.0. The molecule has 5 heteroatoms. The summed E-state index contributed by atoms with van der Waals surface area (Å²) >= 11 is 0. The Bertz CT molecular complexity index is 304. The Kier molecular flexibility index (Phi) is 4.78. The van der Waals surface area contributed by atoms with Gasteiger partial charge in [0.25, 0.3) is 0 Å². The molecule has 0 aliphatic carbocycles. The Morgan fingerprint density at radius 1 is 1.47 bits per heavy atom. The third-order valence-electron chi connectivity index (χ3n) is 2.10. The van der Waals surface area contributed by atoms with Gasteiger partial charge < -0.3 is 9.84 Å². The predicted octanol–water partition coefficient (Wildman–Crippen LogP) is 2.35. The molecule has 5 nitrogen and oxygen atoms in total. The van der Waals surface area contributed by atoms with Crippen molar-refractivity contribution in [3.8, 4) is 0 Å². The highest BCUT2D eigenvalue weighted by atomic mass is 16.6. The van der Waals surface area contributed by atoms with E-state index in [9.17, 15) is 9.59 Å². The first-order valence-corrected chi connectivity index (χ1v) is 5.58. The topological polar surface area (TPSA) is 66.8 Å². The molecule has 0 bridgehead atoms. The van der Waals surface area contributed by atoms with Gasteiger partial charge in [0.2, 0.25) is 0 Å². The van der Waals surface area contributed by atoms with E-state index in [0.29, 0.717) is 6.42 Å². The average Bonchev–Trinajstić information content (AvgIpc) is 2.23. The Morgan fingerprint density at radius 2 is 2.00 bits per heavy atom. The lowest BCUT2D eigenvalue weighted by Gasteiger charge is -2.29. The highest BCUT2D eigenvalue weighted by molar-refractivity contribution is 5.79.